The van der Waals surface area contributed by atoms with E-state index in [9.17, 15) is 9.50 Å². The van der Waals surface area contributed by atoms with Crippen LogP contribution in [0.15, 0.2) is 18.3 Å². The first-order chi connectivity index (χ1) is 12.0. The Bertz CT molecular complexity index is 919. The van der Waals surface area contributed by atoms with Crippen LogP contribution >= 0.6 is 11.3 Å². The van der Waals surface area contributed by atoms with E-state index in [4.69, 9.17) is 5.73 Å². The van der Waals surface area contributed by atoms with Crippen molar-refractivity contribution in [2.24, 2.45) is 5.73 Å². The van der Waals surface area contributed by atoms with Crippen LogP contribution < -0.4 is 11.1 Å². The predicted molar refractivity (Wildman–Crippen MR) is 99.6 cm³/mol. The van der Waals surface area contributed by atoms with Crippen molar-refractivity contribution >= 4 is 27.9 Å². The van der Waals surface area contributed by atoms with Gasteiger partial charge in [0.1, 0.15) is 0 Å². The van der Waals surface area contributed by atoms with Crippen molar-refractivity contribution in [3.8, 4) is 16.5 Å². The second-order valence-corrected chi connectivity index (χ2v) is 7.95. The minimum absolute atomic E-state index is 0.00212. The van der Waals surface area contributed by atoms with Crippen LogP contribution in [-0.4, -0.2) is 27.2 Å². The number of aromatic amines is 1. The Morgan fingerprint density at radius 3 is 2.88 bits per heavy atom. The molecule has 0 unspecified atom stereocenters. The molecule has 3 aromatic heterocycles. The maximum absolute atomic E-state index is 15.0. The van der Waals surface area contributed by atoms with Crippen LogP contribution in [-0.2, 0) is 0 Å². The zero-order valence-electron chi connectivity index (χ0n) is 14.0. The van der Waals surface area contributed by atoms with Crippen molar-refractivity contribution in [3.63, 3.8) is 0 Å². The Kier molecular flexibility index (Phi) is 4.13. The van der Waals surface area contributed by atoms with Crippen molar-refractivity contribution in [1.29, 1.82) is 0 Å². The third-order valence-electron chi connectivity index (χ3n) is 4.88. The zero-order chi connectivity index (χ0) is 17.6. The van der Waals surface area contributed by atoms with Gasteiger partial charge in [-0.15, -0.1) is 11.3 Å². The number of rotatable bonds is 3. The zero-order valence-corrected chi connectivity index (χ0v) is 14.8. The summed E-state index contributed by atoms with van der Waals surface area (Å²) in [6.45, 7) is 2.01. The average Bonchev–Trinajstić information content (AvgIpc) is 3.19. The number of thiophene rings is 1. The van der Waals surface area contributed by atoms with E-state index in [1.807, 2.05) is 19.1 Å². The molecule has 2 atom stereocenters. The molecule has 1 saturated carbocycles. The molecule has 0 bridgehead atoms. The lowest BCUT2D eigenvalue weighted by Crippen LogP contribution is -2.43. The lowest BCUT2D eigenvalue weighted by molar-refractivity contribution is 0.402. The number of aryl methyl sites for hydroxylation is 1. The number of nitrogens with two attached hydrogens (primary N) is 1. The number of aromatic hydroxyl groups is 1. The van der Waals surface area contributed by atoms with Crippen LogP contribution in [0.1, 0.15) is 30.6 Å². The molecule has 0 aromatic carbocycles. The molecular weight excluding hydrogens is 339 g/mol. The van der Waals surface area contributed by atoms with E-state index in [-0.39, 0.29) is 23.8 Å². The SMILES string of the molecule is Cc1ccc(-c2nc(N[C@@H]3CCCC[C@@H]3N)c(F)c3c[nH]c(O)c23)s1. The molecule has 4 rings (SSSR count). The Balaban J connectivity index is 1.83. The predicted octanol–water partition coefficient (Wildman–Crippen LogP) is 4.13. The highest BCUT2D eigenvalue weighted by Gasteiger charge is 2.26. The molecule has 1 aliphatic carbocycles. The highest BCUT2D eigenvalue weighted by atomic mass is 32.1. The second-order valence-electron chi connectivity index (χ2n) is 6.66. The van der Waals surface area contributed by atoms with E-state index < -0.39 is 5.82 Å². The first-order valence-electron chi connectivity index (χ1n) is 8.53. The number of pyridine rings is 1. The molecule has 132 valence electrons. The highest BCUT2D eigenvalue weighted by molar-refractivity contribution is 7.15. The first-order valence-corrected chi connectivity index (χ1v) is 9.34. The molecule has 3 heterocycles. The third-order valence-corrected chi connectivity index (χ3v) is 5.89. The summed E-state index contributed by atoms with van der Waals surface area (Å²) in [6.07, 6.45) is 5.52. The number of anilines is 1. The quantitative estimate of drug-likeness (QED) is 0.566. The lowest BCUT2D eigenvalue weighted by Gasteiger charge is -2.30. The van der Waals surface area contributed by atoms with Gasteiger partial charge in [-0.3, -0.25) is 0 Å². The van der Waals surface area contributed by atoms with E-state index >= 15 is 0 Å². The molecule has 0 radical (unpaired) electrons. The number of nitrogens with one attached hydrogen (secondary N) is 2. The molecule has 5 N–H and O–H groups in total. The van der Waals surface area contributed by atoms with Crippen molar-refractivity contribution in [1.82, 2.24) is 9.97 Å². The topological polar surface area (TPSA) is 87.0 Å². The number of nitrogens with zero attached hydrogens (tertiary/aromatic N) is 1. The van der Waals surface area contributed by atoms with Gasteiger partial charge in [-0.2, -0.15) is 0 Å². The largest absolute Gasteiger partial charge is 0.494 e. The fourth-order valence-corrected chi connectivity index (χ4v) is 4.38. The summed E-state index contributed by atoms with van der Waals surface area (Å²) in [5.74, 6) is -0.320. The third kappa shape index (κ3) is 2.87. The minimum atomic E-state index is -0.457. The first kappa shape index (κ1) is 16.4. The molecule has 3 aromatic rings. The summed E-state index contributed by atoms with van der Waals surface area (Å²) in [5.41, 5.74) is 6.77. The van der Waals surface area contributed by atoms with Gasteiger partial charge in [-0.05, 0) is 31.9 Å². The van der Waals surface area contributed by atoms with Crippen molar-refractivity contribution < 1.29 is 9.50 Å². The monoisotopic (exact) mass is 360 g/mol. The number of hydrogen-bond donors (Lipinski definition) is 4. The molecule has 1 fully saturated rings. The summed E-state index contributed by atoms with van der Waals surface area (Å²) in [4.78, 5) is 9.27. The van der Waals surface area contributed by atoms with Gasteiger partial charge in [0.2, 0.25) is 0 Å². The van der Waals surface area contributed by atoms with Crippen LogP contribution in [0.4, 0.5) is 10.2 Å². The van der Waals surface area contributed by atoms with Gasteiger partial charge in [0.25, 0.3) is 0 Å². The Morgan fingerprint density at radius 1 is 1.36 bits per heavy atom. The van der Waals surface area contributed by atoms with Crippen LogP contribution in [0.25, 0.3) is 21.3 Å². The van der Waals surface area contributed by atoms with Crippen molar-refractivity contribution in [2.45, 2.75) is 44.7 Å². The maximum Gasteiger partial charge on any atom is 0.198 e. The van der Waals surface area contributed by atoms with E-state index in [1.165, 1.54) is 6.20 Å². The number of H-pyrrole nitrogens is 1. The summed E-state index contributed by atoms with van der Waals surface area (Å²) >= 11 is 1.57. The Hall–Kier alpha value is -2.12. The van der Waals surface area contributed by atoms with E-state index in [0.29, 0.717) is 16.5 Å². The molecule has 0 saturated heterocycles. The van der Waals surface area contributed by atoms with Gasteiger partial charge in [0.15, 0.2) is 17.5 Å². The summed E-state index contributed by atoms with van der Waals surface area (Å²) in [5, 5.41) is 14.1. The maximum atomic E-state index is 15.0. The molecule has 0 amide bonds. The fraction of sp³-hybridized carbons (Fsp3) is 0.389. The van der Waals surface area contributed by atoms with Crippen molar-refractivity contribution in [2.75, 3.05) is 5.32 Å². The summed E-state index contributed by atoms with van der Waals surface area (Å²) in [7, 11) is 0. The fourth-order valence-electron chi connectivity index (χ4n) is 3.52. The Morgan fingerprint density at radius 2 is 2.16 bits per heavy atom. The van der Waals surface area contributed by atoms with Crippen LogP contribution in [0.5, 0.6) is 5.88 Å². The lowest BCUT2D eigenvalue weighted by atomic mass is 9.91. The van der Waals surface area contributed by atoms with Crippen LogP contribution in [0.2, 0.25) is 0 Å². The van der Waals surface area contributed by atoms with Gasteiger partial charge in [0.05, 0.1) is 16.0 Å². The van der Waals surface area contributed by atoms with Gasteiger partial charge in [-0.1, -0.05) is 12.8 Å². The second kappa shape index (κ2) is 6.31. The highest BCUT2D eigenvalue weighted by Crippen LogP contribution is 2.39. The molecule has 1 aliphatic rings. The molecule has 25 heavy (non-hydrogen) atoms. The number of fused-ring (bicyclic) bond motifs is 1. The minimum Gasteiger partial charge on any atom is -0.494 e. The van der Waals surface area contributed by atoms with Gasteiger partial charge < -0.3 is 21.1 Å². The summed E-state index contributed by atoms with van der Waals surface area (Å²) < 4.78 is 15.0. The van der Waals surface area contributed by atoms with Crippen LogP contribution in [0, 0.1) is 12.7 Å². The molecule has 0 spiro atoms. The number of halogens is 1. The van der Waals surface area contributed by atoms with Gasteiger partial charge in [-0.25, -0.2) is 9.37 Å². The summed E-state index contributed by atoms with van der Waals surface area (Å²) in [6, 6.07) is 3.95. The normalized spacial score (nSPS) is 20.9. The van der Waals surface area contributed by atoms with Crippen LogP contribution in [0.3, 0.4) is 0 Å². The number of hydrogen-bond acceptors (Lipinski definition) is 5. The standard InChI is InChI=1S/C18H21FN4OS/c1-9-6-7-13(25-9)16-14-10(8-21-18(14)24)15(19)17(23-16)22-12-5-3-2-4-11(12)20/h6-8,11-12,21-22,24H,2-5,20H2,1H3/t11-,12+/m0/s1. The smallest absolute Gasteiger partial charge is 0.198 e. The number of aromatic nitrogens is 2. The molecule has 5 nitrogen and oxygen atoms in total. The average molecular weight is 360 g/mol. The van der Waals surface area contributed by atoms with Gasteiger partial charge >= 0.3 is 0 Å². The van der Waals surface area contributed by atoms with Gasteiger partial charge in [0, 0.05) is 28.5 Å². The molecular formula is C18H21FN4OS. The van der Waals surface area contributed by atoms with E-state index in [0.717, 1.165) is 35.4 Å². The Labute approximate surface area is 149 Å². The van der Waals surface area contributed by atoms with E-state index in [2.05, 4.69) is 15.3 Å². The molecule has 0 aliphatic heterocycles. The van der Waals surface area contributed by atoms with Crippen molar-refractivity contribution in [3.05, 3.63) is 29.0 Å². The van der Waals surface area contributed by atoms with E-state index in [1.54, 1.807) is 11.3 Å². The molecule has 7 heteroatoms.